The number of hydrogen-bond acceptors (Lipinski definition) is 5. The Morgan fingerprint density at radius 2 is 1.89 bits per heavy atom. The van der Waals surface area contributed by atoms with Gasteiger partial charge in [0.15, 0.2) is 0 Å². The summed E-state index contributed by atoms with van der Waals surface area (Å²) in [7, 11) is 0. The van der Waals surface area contributed by atoms with Gasteiger partial charge < -0.3 is 10.2 Å². The van der Waals surface area contributed by atoms with Gasteiger partial charge in [-0.05, 0) is 25.5 Å². The topological polar surface area (TPSA) is 61.4 Å². The average molecular weight is 365 g/mol. The van der Waals surface area contributed by atoms with E-state index in [4.69, 9.17) is 0 Å². The van der Waals surface area contributed by atoms with Crippen molar-refractivity contribution in [3.63, 3.8) is 0 Å². The highest BCUT2D eigenvalue weighted by molar-refractivity contribution is 5.92. The van der Waals surface area contributed by atoms with Crippen molar-refractivity contribution >= 4 is 17.9 Å². The predicted molar refractivity (Wildman–Crippen MR) is 109 cm³/mol. The summed E-state index contributed by atoms with van der Waals surface area (Å²) in [6.45, 7) is 8.41. The maximum atomic E-state index is 12.1. The highest BCUT2D eigenvalue weighted by atomic mass is 16.1. The summed E-state index contributed by atoms with van der Waals surface area (Å²) in [5.74, 6) is 0.476. The molecule has 1 saturated heterocycles. The maximum Gasteiger partial charge on any atom is 0.270 e. The van der Waals surface area contributed by atoms with Crippen LogP contribution in [0.25, 0.3) is 6.08 Å². The lowest BCUT2D eigenvalue weighted by Gasteiger charge is -2.34. The number of carbonyl (C=O) groups is 1. The zero-order chi connectivity index (χ0) is 19.1. The van der Waals surface area contributed by atoms with Gasteiger partial charge in [0, 0.05) is 45.0 Å². The van der Waals surface area contributed by atoms with E-state index in [-0.39, 0.29) is 11.9 Å². The molecule has 6 heteroatoms. The lowest BCUT2D eigenvalue weighted by atomic mass is 10.2. The molecule has 2 heterocycles. The van der Waals surface area contributed by atoms with E-state index in [1.54, 1.807) is 12.3 Å². The fraction of sp³-hybridized carbons (Fsp3) is 0.381. The molecule has 1 fully saturated rings. The van der Waals surface area contributed by atoms with Gasteiger partial charge in [-0.3, -0.25) is 9.69 Å². The van der Waals surface area contributed by atoms with Gasteiger partial charge in [0.05, 0.1) is 0 Å². The number of carbonyl (C=O) groups excluding carboxylic acids is 1. The molecule has 0 atom stereocenters. The van der Waals surface area contributed by atoms with Crippen molar-refractivity contribution in [3.8, 4) is 0 Å². The molecule has 142 valence electrons. The molecule has 6 nitrogen and oxygen atoms in total. The van der Waals surface area contributed by atoms with Crippen LogP contribution in [0, 0.1) is 0 Å². The molecule has 27 heavy (non-hydrogen) atoms. The standard InChI is InChI=1S/C21H27N5O/c1-17(2)23-20(27)19-10-11-22-21(24-19)26-15-13-25(14-16-26)12-6-9-18-7-4-3-5-8-18/h3-11,17H,12-16H2,1-2H3,(H,23,27)/b9-6+. The van der Waals surface area contributed by atoms with Crippen LogP contribution in [-0.4, -0.2) is 59.5 Å². The van der Waals surface area contributed by atoms with Crippen molar-refractivity contribution in [1.82, 2.24) is 20.2 Å². The molecule has 2 aromatic rings. The SMILES string of the molecule is CC(C)NC(=O)c1ccnc(N2CCN(C/C=C/c3ccccc3)CC2)n1. The molecule has 0 bridgehead atoms. The van der Waals surface area contributed by atoms with Crippen molar-refractivity contribution in [3.05, 3.63) is 59.9 Å². The van der Waals surface area contributed by atoms with Crippen molar-refractivity contribution in [2.45, 2.75) is 19.9 Å². The second kappa shape index (κ2) is 9.28. The third kappa shape index (κ3) is 5.62. The summed E-state index contributed by atoms with van der Waals surface area (Å²) in [6.07, 6.45) is 6.03. The Morgan fingerprint density at radius 1 is 1.15 bits per heavy atom. The molecule has 1 aliphatic heterocycles. The van der Waals surface area contributed by atoms with Crippen molar-refractivity contribution in [1.29, 1.82) is 0 Å². The third-order valence-corrected chi connectivity index (χ3v) is 4.42. The summed E-state index contributed by atoms with van der Waals surface area (Å²) >= 11 is 0. The summed E-state index contributed by atoms with van der Waals surface area (Å²) in [5.41, 5.74) is 1.64. The lowest BCUT2D eigenvalue weighted by molar-refractivity contribution is 0.0938. The maximum absolute atomic E-state index is 12.1. The van der Waals surface area contributed by atoms with E-state index >= 15 is 0 Å². The zero-order valence-corrected chi connectivity index (χ0v) is 16.0. The Hall–Kier alpha value is -2.73. The fourth-order valence-corrected chi connectivity index (χ4v) is 3.00. The second-order valence-corrected chi connectivity index (χ2v) is 6.97. The second-order valence-electron chi connectivity index (χ2n) is 6.97. The van der Waals surface area contributed by atoms with E-state index in [2.05, 4.69) is 49.4 Å². The summed E-state index contributed by atoms with van der Waals surface area (Å²) in [5, 5.41) is 2.87. The van der Waals surface area contributed by atoms with E-state index in [0.29, 0.717) is 11.6 Å². The van der Waals surface area contributed by atoms with Crippen LogP contribution in [0.1, 0.15) is 29.9 Å². The fourth-order valence-electron chi connectivity index (χ4n) is 3.00. The van der Waals surface area contributed by atoms with Crippen LogP contribution >= 0.6 is 0 Å². The Balaban J connectivity index is 1.52. The van der Waals surface area contributed by atoms with Gasteiger partial charge in [-0.2, -0.15) is 0 Å². The molecule has 0 aliphatic carbocycles. The molecule has 1 aromatic carbocycles. The summed E-state index contributed by atoms with van der Waals surface area (Å²) in [4.78, 5) is 25.5. The van der Waals surface area contributed by atoms with Gasteiger partial charge in [0.2, 0.25) is 5.95 Å². The molecule has 1 aromatic heterocycles. The van der Waals surface area contributed by atoms with Crippen LogP contribution in [0.15, 0.2) is 48.7 Å². The smallest absolute Gasteiger partial charge is 0.270 e. The number of rotatable bonds is 6. The van der Waals surface area contributed by atoms with E-state index in [1.807, 2.05) is 32.0 Å². The average Bonchev–Trinajstić information content (AvgIpc) is 2.69. The lowest BCUT2D eigenvalue weighted by Crippen LogP contribution is -2.47. The van der Waals surface area contributed by atoms with E-state index < -0.39 is 0 Å². The number of hydrogen-bond donors (Lipinski definition) is 1. The van der Waals surface area contributed by atoms with E-state index in [9.17, 15) is 4.79 Å². The molecule has 1 amide bonds. The molecular formula is C21H27N5O. The van der Waals surface area contributed by atoms with Crippen LogP contribution in [0.4, 0.5) is 5.95 Å². The largest absolute Gasteiger partial charge is 0.349 e. The van der Waals surface area contributed by atoms with Crippen LogP contribution < -0.4 is 10.2 Å². The quantitative estimate of drug-likeness (QED) is 0.852. The van der Waals surface area contributed by atoms with Gasteiger partial charge in [-0.1, -0.05) is 42.5 Å². The normalized spacial score (nSPS) is 15.4. The molecule has 1 aliphatic rings. The Kier molecular flexibility index (Phi) is 6.54. The van der Waals surface area contributed by atoms with E-state index in [0.717, 1.165) is 32.7 Å². The van der Waals surface area contributed by atoms with Crippen LogP contribution in [0.3, 0.4) is 0 Å². The highest BCUT2D eigenvalue weighted by Crippen LogP contribution is 2.12. The minimum atomic E-state index is -0.154. The minimum Gasteiger partial charge on any atom is -0.349 e. The van der Waals surface area contributed by atoms with Crippen molar-refractivity contribution < 1.29 is 4.79 Å². The first-order chi connectivity index (χ1) is 13.1. The van der Waals surface area contributed by atoms with Crippen molar-refractivity contribution in [2.75, 3.05) is 37.6 Å². The van der Waals surface area contributed by atoms with Gasteiger partial charge >= 0.3 is 0 Å². The molecule has 1 N–H and O–H groups in total. The highest BCUT2D eigenvalue weighted by Gasteiger charge is 2.19. The first kappa shape index (κ1) is 19.0. The third-order valence-electron chi connectivity index (χ3n) is 4.42. The van der Waals surface area contributed by atoms with Gasteiger partial charge in [-0.25, -0.2) is 9.97 Å². The Morgan fingerprint density at radius 3 is 2.59 bits per heavy atom. The van der Waals surface area contributed by atoms with Gasteiger partial charge in [-0.15, -0.1) is 0 Å². The van der Waals surface area contributed by atoms with Gasteiger partial charge in [0.25, 0.3) is 5.91 Å². The first-order valence-corrected chi connectivity index (χ1v) is 9.44. The molecule has 3 rings (SSSR count). The number of piperazine rings is 1. The Bertz CT molecular complexity index is 767. The molecular weight excluding hydrogens is 338 g/mol. The summed E-state index contributed by atoms with van der Waals surface area (Å²) in [6, 6.07) is 12.1. The minimum absolute atomic E-state index is 0.0865. The molecule has 0 spiro atoms. The number of nitrogens with one attached hydrogen (secondary N) is 1. The van der Waals surface area contributed by atoms with Crippen LogP contribution in [0.2, 0.25) is 0 Å². The van der Waals surface area contributed by atoms with Crippen molar-refractivity contribution in [2.24, 2.45) is 0 Å². The number of nitrogens with zero attached hydrogens (tertiary/aromatic N) is 4. The monoisotopic (exact) mass is 365 g/mol. The van der Waals surface area contributed by atoms with E-state index in [1.165, 1.54) is 5.56 Å². The number of benzene rings is 1. The Labute approximate surface area is 160 Å². The van der Waals surface area contributed by atoms with Gasteiger partial charge in [0.1, 0.15) is 5.69 Å². The number of aromatic nitrogens is 2. The zero-order valence-electron chi connectivity index (χ0n) is 16.0. The summed E-state index contributed by atoms with van der Waals surface area (Å²) < 4.78 is 0. The first-order valence-electron chi connectivity index (χ1n) is 9.44. The van der Waals surface area contributed by atoms with Crippen LogP contribution in [0.5, 0.6) is 0 Å². The van der Waals surface area contributed by atoms with Crippen LogP contribution in [-0.2, 0) is 0 Å². The number of amides is 1. The molecule has 0 unspecified atom stereocenters. The number of anilines is 1. The molecule has 0 saturated carbocycles. The predicted octanol–water partition coefficient (Wildman–Crippen LogP) is 2.45. The molecule has 0 radical (unpaired) electrons.